The number of aromatic amines is 1. The number of aromatic nitrogens is 2. The molecule has 1 aromatic carbocycles. The number of anilines is 1. The van der Waals surface area contributed by atoms with Crippen LogP contribution in [0.1, 0.15) is 47.3 Å². The molecule has 2 aromatic rings. The van der Waals surface area contributed by atoms with Gasteiger partial charge in [-0.1, -0.05) is 23.7 Å². The Labute approximate surface area is 160 Å². The van der Waals surface area contributed by atoms with Crippen molar-refractivity contribution in [3.8, 4) is 0 Å². The van der Waals surface area contributed by atoms with Gasteiger partial charge in [0.05, 0.1) is 10.6 Å². The topological polar surface area (TPSA) is 127 Å². The summed E-state index contributed by atoms with van der Waals surface area (Å²) in [6, 6.07) is 6.62. The molecule has 1 aromatic heterocycles. The van der Waals surface area contributed by atoms with Crippen molar-refractivity contribution in [1.82, 2.24) is 10.2 Å². The van der Waals surface area contributed by atoms with Crippen molar-refractivity contribution >= 4 is 35.2 Å². The molecule has 9 heteroatoms. The van der Waals surface area contributed by atoms with Crippen LogP contribution in [0.15, 0.2) is 24.3 Å². The van der Waals surface area contributed by atoms with Crippen molar-refractivity contribution < 1.29 is 19.1 Å². The molecule has 27 heavy (non-hydrogen) atoms. The van der Waals surface area contributed by atoms with Crippen LogP contribution in [0.25, 0.3) is 0 Å². The van der Waals surface area contributed by atoms with Crippen LogP contribution in [0.3, 0.4) is 0 Å². The lowest BCUT2D eigenvalue weighted by Gasteiger charge is -2.13. The Morgan fingerprint density at radius 3 is 2.81 bits per heavy atom. The Morgan fingerprint density at radius 1 is 1.41 bits per heavy atom. The molecule has 2 amide bonds. The van der Waals surface area contributed by atoms with Gasteiger partial charge in [-0.2, -0.15) is 5.10 Å². The SMILES string of the molecule is CC(OC(N)=O)C(=O)Cc1cccc(Cl)c1C(=O)Nc1cc(C2CC2)[nH]n1. The van der Waals surface area contributed by atoms with Gasteiger partial charge >= 0.3 is 6.09 Å². The van der Waals surface area contributed by atoms with Crippen LogP contribution in [0.2, 0.25) is 5.02 Å². The summed E-state index contributed by atoms with van der Waals surface area (Å²) >= 11 is 6.20. The molecule has 1 aliphatic carbocycles. The van der Waals surface area contributed by atoms with Gasteiger partial charge in [0.2, 0.25) is 0 Å². The molecule has 1 aliphatic rings. The minimum absolute atomic E-state index is 0.133. The van der Waals surface area contributed by atoms with Gasteiger partial charge in [-0.05, 0) is 31.4 Å². The first-order chi connectivity index (χ1) is 12.8. The van der Waals surface area contributed by atoms with E-state index in [0.717, 1.165) is 18.5 Å². The van der Waals surface area contributed by atoms with E-state index in [2.05, 4.69) is 20.3 Å². The van der Waals surface area contributed by atoms with E-state index in [1.165, 1.54) is 6.92 Å². The van der Waals surface area contributed by atoms with Crippen molar-refractivity contribution in [3.05, 3.63) is 46.1 Å². The van der Waals surface area contributed by atoms with E-state index in [9.17, 15) is 14.4 Å². The number of carbonyl (C=O) groups is 3. The lowest BCUT2D eigenvalue weighted by molar-refractivity contribution is -0.125. The summed E-state index contributed by atoms with van der Waals surface area (Å²) in [4.78, 5) is 35.8. The second-order valence-corrected chi connectivity index (χ2v) is 6.84. The molecule has 0 aliphatic heterocycles. The van der Waals surface area contributed by atoms with Crippen molar-refractivity contribution in [3.63, 3.8) is 0 Å². The largest absolute Gasteiger partial charge is 0.439 e. The van der Waals surface area contributed by atoms with Gasteiger partial charge in [0.25, 0.3) is 5.91 Å². The van der Waals surface area contributed by atoms with Crippen LogP contribution in [0.4, 0.5) is 10.6 Å². The highest BCUT2D eigenvalue weighted by Crippen LogP contribution is 2.39. The Hall–Kier alpha value is -2.87. The molecule has 1 atom stereocenters. The molecule has 0 spiro atoms. The fourth-order valence-electron chi connectivity index (χ4n) is 2.72. The zero-order valence-electron chi connectivity index (χ0n) is 14.6. The van der Waals surface area contributed by atoms with E-state index in [1.807, 2.05) is 0 Å². The Kier molecular flexibility index (Phi) is 5.46. The molecule has 0 saturated heterocycles. The summed E-state index contributed by atoms with van der Waals surface area (Å²) in [6.45, 7) is 1.42. The number of ether oxygens (including phenoxy) is 1. The lowest BCUT2D eigenvalue weighted by Crippen LogP contribution is -2.29. The molecule has 8 nitrogen and oxygen atoms in total. The summed E-state index contributed by atoms with van der Waals surface area (Å²) in [5, 5.41) is 9.90. The maximum atomic E-state index is 12.7. The normalized spacial score (nSPS) is 14.4. The smallest absolute Gasteiger partial charge is 0.405 e. The molecule has 1 saturated carbocycles. The first-order valence-corrected chi connectivity index (χ1v) is 8.85. The first-order valence-electron chi connectivity index (χ1n) is 8.48. The number of hydrogen-bond acceptors (Lipinski definition) is 5. The molecule has 3 rings (SSSR count). The summed E-state index contributed by atoms with van der Waals surface area (Å²) in [5.41, 5.74) is 6.51. The molecular formula is C18H19ClN4O4. The Morgan fingerprint density at radius 2 is 2.15 bits per heavy atom. The number of halogens is 1. The number of hydrogen-bond donors (Lipinski definition) is 3. The standard InChI is InChI=1S/C18H19ClN4O4/c1-9(27-18(20)26)14(24)7-11-3-2-4-12(19)16(11)17(25)21-15-8-13(22-23-15)10-5-6-10/h2-4,8-10H,5-7H2,1H3,(H2,20,26)(H2,21,22,23,25). The third-order valence-corrected chi connectivity index (χ3v) is 4.61. The molecule has 0 radical (unpaired) electrons. The molecule has 142 valence electrons. The van der Waals surface area contributed by atoms with Gasteiger partial charge in [-0.15, -0.1) is 0 Å². The molecule has 1 unspecified atom stereocenters. The number of nitrogens with one attached hydrogen (secondary N) is 2. The van der Waals surface area contributed by atoms with E-state index < -0.39 is 23.9 Å². The summed E-state index contributed by atoms with van der Waals surface area (Å²) in [6.07, 6.45) is 0.0244. The summed E-state index contributed by atoms with van der Waals surface area (Å²) in [7, 11) is 0. The second kappa shape index (κ2) is 7.79. The number of benzene rings is 1. The molecule has 1 fully saturated rings. The fraction of sp³-hybridized carbons (Fsp3) is 0.333. The Bertz CT molecular complexity index is 891. The van der Waals surface area contributed by atoms with E-state index in [0.29, 0.717) is 17.3 Å². The summed E-state index contributed by atoms with van der Waals surface area (Å²) < 4.78 is 4.68. The Balaban J connectivity index is 1.76. The number of H-pyrrole nitrogens is 1. The number of primary amides is 1. The predicted octanol–water partition coefficient (Wildman–Crippen LogP) is 2.79. The fourth-order valence-corrected chi connectivity index (χ4v) is 3.00. The number of amides is 2. The quantitative estimate of drug-likeness (QED) is 0.669. The van der Waals surface area contributed by atoms with Crippen LogP contribution in [-0.2, 0) is 16.0 Å². The van der Waals surface area contributed by atoms with Gasteiger partial charge in [0, 0.05) is 24.1 Å². The third-order valence-electron chi connectivity index (χ3n) is 4.29. The van der Waals surface area contributed by atoms with E-state index in [-0.39, 0.29) is 17.0 Å². The monoisotopic (exact) mass is 390 g/mol. The van der Waals surface area contributed by atoms with Crippen LogP contribution < -0.4 is 11.1 Å². The molecule has 1 heterocycles. The zero-order valence-corrected chi connectivity index (χ0v) is 15.4. The minimum atomic E-state index is -1.04. The maximum absolute atomic E-state index is 12.7. The van der Waals surface area contributed by atoms with Crippen LogP contribution in [0.5, 0.6) is 0 Å². The van der Waals surface area contributed by atoms with Gasteiger partial charge < -0.3 is 15.8 Å². The third kappa shape index (κ3) is 4.65. The van der Waals surface area contributed by atoms with Crippen molar-refractivity contribution in [2.75, 3.05) is 5.32 Å². The first kappa shape index (κ1) is 18.9. The van der Waals surface area contributed by atoms with Gasteiger partial charge in [0.15, 0.2) is 17.7 Å². The van der Waals surface area contributed by atoms with Crippen molar-refractivity contribution in [1.29, 1.82) is 0 Å². The van der Waals surface area contributed by atoms with E-state index in [1.54, 1.807) is 24.3 Å². The maximum Gasteiger partial charge on any atom is 0.405 e. The molecule has 0 bridgehead atoms. The minimum Gasteiger partial charge on any atom is -0.439 e. The number of carbonyl (C=O) groups excluding carboxylic acids is 3. The van der Waals surface area contributed by atoms with Crippen LogP contribution in [0, 0.1) is 0 Å². The van der Waals surface area contributed by atoms with Gasteiger partial charge in [-0.25, -0.2) is 4.79 Å². The lowest BCUT2D eigenvalue weighted by atomic mass is 9.99. The number of Topliss-reactive ketones (excluding diaryl/α,β-unsaturated/α-hetero) is 1. The highest BCUT2D eigenvalue weighted by molar-refractivity contribution is 6.34. The second-order valence-electron chi connectivity index (χ2n) is 6.43. The van der Waals surface area contributed by atoms with E-state index in [4.69, 9.17) is 17.3 Å². The summed E-state index contributed by atoms with van der Waals surface area (Å²) in [5.74, 6) is -0.00505. The average molecular weight is 391 g/mol. The van der Waals surface area contributed by atoms with Gasteiger partial charge in [0.1, 0.15) is 0 Å². The van der Waals surface area contributed by atoms with Gasteiger partial charge in [-0.3, -0.25) is 14.7 Å². The number of nitrogens with zero attached hydrogens (tertiary/aromatic N) is 1. The molecular weight excluding hydrogens is 372 g/mol. The highest BCUT2D eigenvalue weighted by Gasteiger charge is 2.26. The number of rotatable bonds is 7. The predicted molar refractivity (Wildman–Crippen MR) is 98.8 cm³/mol. The van der Waals surface area contributed by atoms with Crippen LogP contribution in [-0.4, -0.2) is 34.1 Å². The number of nitrogens with two attached hydrogens (primary N) is 1. The zero-order chi connectivity index (χ0) is 19.6. The number of ketones is 1. The van der Waals surface area contributed by atoms with Crippen molar-refractivity contribution in [2.45, 2.75) is 38.2 Å². The van der Waals surface area contributed by atoms with E-state index >= 15 is 0 Å². The highest BCUT2D eigenvalue weighted by atomic mass is 35.5. The average Bonchev–Trinajstić information content (AvgIpc) is 3.34. The molecule has 4 N–H and O–H groups in total. The van der Waals surface area contributed by atoms with Crippen LogP contribution >= 0.6 is 11.6 Å². The van der Waals surface area contributed by atoms with Crippen molar-refractivity contribution in [2.24, 2.45) is 5.73 Å².